The fourth-order valence-corrected chi connectivity index (χ4v) is 7.67. The molecular weight excluding hydrogens is 482 g/mol. The molecule has 37 heavy (non-hydrogen) atoms. The summed E-state index contributed by atoms with van der Waals surface area (Å²) in [5.41, 5.74) is 1.41. The maximum absolute atomic E-state index is 12.4. The van der Waals surface area contributed by atoms with E-state index in [1.54, 1.807) is 11.3 Å². The molecule has 8 heteroatoms. The van der Waals surface area contributed by atoms with Gasteiger partial charge in [-0.1, -0.05) is 19.3 Å². The number of rotatable bonds is 11. The predicted octanol–water partition coefficient (Wildman–Crippen LogP) is 4.27. The molecule has 0 amide bonds. The first-order valence-electron chi connectivity index (χ1n) is 14.4. The Hall–Kier alpha value is -1.87. The summed E-state index contributed by atoms with van der Waals surface area (Å²) in [6.07, 6.45) is 13.7. The summed E-state index contributed by atoms with van der Waals surface area (Å²) in [6, 6.07) is 4.40. The Bertz CT molecular complexity index is 944. The summed E-state index contributed by atoms with van der Waals surface area (Å²) < 4.78 is 0. The van der Waals surface area contributed by atoms with Gasteiger partial charge in [0.2, 0.25) is 0 Å². The third kappa shape index (κ3) is 7.16. The summed E-state index contributed by atoms with van der Waals surface area (Å²) in [6.45, 7) is 6.13. The van der Waals surface area contributed by atoms with Crippen LogP contribution in [-0.2, 0) is 11.2 Å². The third-order valence-electron chi connectivity index (χ3n) is 8.89. The van der Waals surface area contributed by atoms with Gasteiger partial charge in [-0.05, 0) is 92.0 Å². The molecule has 2 aliphatic heterocycles. The highest BCUT2D eigenvalue weighted by atomic mass is 32.1. The van der Waals surface area contributed by atoms with Gasteiger partial charge in [-0.3, -0.25) is 9.69 Å². The molecule has 2 N–H and O–H groups in total. The van der Waals surface area contributed by atoms with E-state index in [0.717, 1.165) is 70.8 Å². The van der Waals surface area contributed by atoms with Gasteiger partial charge in [0, 0.05) is 50.4 Å². The lowest BCUT2D eigenvalue weighted by Gasteiger charge is -2.35. The average Bonchev–Trinajstić information content (AvgIpc) is 3.59. The molecule has 202 valence electrons. The van der Waals surface area contributed by atoms with Gasteiger partial charge < -0.3 is 15.3 Å². The van der Waals surface area contributed by atoms with Crippen LogP contribution < -0.4 is 5.32 Å². The average molecular weight is 526 g/mol. The first kappa shape index (κ1) is 26.7. The molecule has 0 aromatic carbocycles. The number of aliphatic carboxylic acids is 1. The quantitative estimate of drug-likeness (QED) is 0.424. The van der Waals surface area contributed by atoms with Crippen molar-refractivity contribution in [2.45, 2.75) is 75.8 Å². The summed E-state index contributed by atoms with van der Waals surface area (Å²) >= 11 is 1.76. The molecule has 2 saturated heterocycles. The Labute approximate surface area is 225 Å². The number of nitrogens with zero attached hydrogens (tertiary/aromatic N) is 4. The fraction of sp³-hybridized carbons (Fsp3) is 0.690. The van der Waals surface area contributed by atoms with Crippen LogP contribution in [0.15, 0.2) is 35.3 Å². The van der Waals surface area contributed by atoms with Crippen LogP contribution in [0.3, 0.4) is 0 Å². The number of hydrogen-bond donors (Lipinski definition) is 2. The molecule has 3 fully saturated rings. The van der Waals surface area contributed by atoms with Crippen molar-refractivity contribution in [1.82, 2.24) is 25.1 Å². The first-order valence-corrected chi connectivity index (χ1v) is 15.3. The predicted molar refractivity (Wildman–Crippen MR) is 148 cm³/mol. The lowest BCUT2D eigenvalue weighted by atomic mass is 9.83. The van der Waals surface area contributed by atoms with Crippen molar-refractivity contribution in [2.75, 3.05) is 39.3 Å². The topological polar surface area (TPSA) is 81.6 Å². The lowest BCUT2D eigenvalue weighted by Crippen LogP contribution is -2.47. The standard InChI is InChI=1S/C29H43N5O2S/c35-29(36)28(22-6-2-1-3-7-22)34-19-24(26(20-34)23-11-17-37-21-23)18-33-15-9-25(10-16-33)30-12-4-8-27-31-13-5-14-32-27/h5,11,13-14,17,21-22,24-26,28,30H,1-4,6-10,12,15-16,18-20H2,(H,35,36)/t24-,26+,28+/m0/s1. The number of carbonyl (C=O) groups is 1. The Balaban J connectivity index is 1.12. The zero-order chi connectivity index (χ0) is 25.5. The van der Waals surface area contributed by atoms with Gasteiger partial charge in [0.25, 0.3) is 0 Å². The molecule has 7 nitrogen and oxygen atoms in total. The normalized spacial score (nSPS) is 25.4. The number of aryl methyl sites for hydroxylation is 1. The van der Waals surface area contributed by atoms with Gasteiger partial charge >= 0.3 is 5.97 Å². The molecule has 2 aromatic heterocycles. The number of hydrogen-bond acceptors (Lipinski definition) is 7. The van der Waals surface area contributed by atoms with Crippen LogP contribution in [-0.4, -0.2) is 82.2 Å². The number of likely N-dealkylation sites (tertiary alicyclic amines) is 2. The van der Waals surface area contributed by atoms with Crippen LogP contribution in [0.4, 0.5) is 0 Å². The minimum Gasteiger partial charge on any atom is -0.480 e. The van der Waals surface area contributed by atoms with Crippen molar-refractivity contribution in [2.24, 2.45) is 11.8 Å². The van der Waals surface area contributed by atoms with Crippen molar-refractivity contribution >= 4 is 17.3 Å². The summed E-state index contributed by atoms with van der Waals surface area (Å²) in [5, 5.41) is 18.4. The molecule has 0 spiro atoms. The van der Waals surface area contributed by atoms with Gasteiger partial charge in [0.1, 0.15) is 11.9 Å². The van der Waals surface area contributed by atoms with E-state index < -0.39 is 5.97 Å². The van der Waals surface area contributed by atoms with Crippen molar-refractivity contribution < 1.29 is 9.90 Å². The monoisotopic (exact) mass is 525 g/mol. The smallest absolute Gasteiger partial charge is 0.321 e. The first-order chi connectivity index (χ1) is 18.2. The molecule has 1 saturated carbocycles. The van der Waals surface area contributed by atoms with Gasteiger partial charge in [-0.2, -0.15) is 11.3 Å². The zero-order valence-electron chi connectivity index (χ0n) is 22.0. The van der Waals surface area contributed by atoms with E-state index in [0.29, 0.717) is 23.8 Å². The second kappa shape index (κ2) is 13.3. The number of piperidine rings is 1. The van der Waals surface area contributed by atoms with E-state index in [-0.39, 0.29) is 6.04 Å². The summed E-state index contributed by atoms with van der Waals surface area (Å²) in [5.74, 6) is 1.56. The zero-order valence-corrected chi connectivity index (χ0v) is 22.8. The number of aromatic nitrogens is 2. The number of carboxylic acids is 1. The molecule has 5 rings (SSSR count). The number of carboxylic acid groups (broad SMARTS) is 1. The van der Waals surface area contributed by atoms with Crippen molar-refractivity contribution in [3.05, 3.63) is 46.7 Å². The lowest BCUT2D eigenvalue weighted by molar-refractivity contribution is -0.145. The van der Waals surface area contributed by atoms with Crippen LogP contribution in [0.5, 0.6) is 0 Å². The van der Waals surface area contributed by atoms with Crippen LogP contribution in [0.2, 0.25) is 0 Å². The van der Waals surface area contributed by atoms with E-state index >= 15 is 0 Å². The fourth-order valence-electron chi connectivity index (χ4n) is 6.95. The molecular formula is C29H43N5O2S. The van der Waals surface area contributed by atoms with E-state index in [4.69, 9.17) is 0 Å². The largest absolute Gasteiger partial charge is 0.480 e. The van der Waals surface area contributed by atoms with Gasteiger partial charge in [0.05, 0.1) is 0 Å². The maximum atomic E-state index is 12.4. The number of thiophene rings is 1. The molecule has 0 unspecified atom stereocenters. The summed E-state index contributed by atoms with van der Waals surface area (Å²) in [4.78, 5) is 26.1. The van der Waals surface area contributed by atoms with Crippen LogP contribution >= 0.6 is 11.3 Å². The molecule has 3 atom stereocenters. The van der Waals surface area contributed by atoms with E-state index in [2.05, 4.69) is 41.9 Å². The van der Waals surface area contributed by atoms with Crippen LogP contribution in [0.1, 0.15) is 68.7 Å². The minimum absolute atomic E-state index is 0.309. The van der Waals surface area contributed by atoms with Gasteiger partial charge in [-0.15, -0.1) is 0 Å². The second-order valence-corrected chi connectivity index (χ2v) is 12.1. The highest BCUT2D eigenvalue weighted by Gasteiger charge is 2.43. The van der Waals surface area contributed by atoms with Crippen LogP contribution in [0.25, 0.3) is 0 Å². The number of nitrogens with one attached hydrogen (secondary N) is 1. The molecule has 4 heterocycles. The van der Waals surface area contributed by atoms with E-state index in [1.807, 2.05) is 18.5 Å². The minimum atomic E-state index is -0.609. The molecule has 3 aliphatic rings. The maximum Gasteiger partial charge on any atom is 0.321 e. The van der Waals surface area contributed by atoms with E-state index in [9.17, 15) is 9.90 Å². The van der Waals surface area contributed by atoms with Crippen molar-refractivity contribution in [3.8, 4) is 0 Å². The molecule has 1 aliphatic carbocycles. The highest BCUT2D eigenvalue weighted by molar-refractivity contribution is 7.08. The third-order valence-corrected chi connectivity index (χ3v) is 9.59. The van der Waals surface area contributed by atoms with Crippen molar-refractivity contribution in [1.29, 1.82) is 0 Å². The SMILES string of the molecule is O=C(O)[C@@H](C1CCCCC1)N1C[C@H](CN2CCC(NCCCc3ncccn3)CC2)[C@@H](c2ccsc2)C1. The van der Waals surface area contributed by atoms with Gasteiger partial charge in [0.15, 0.2) is 0 Å². The van der Waals surface area contributed by atoms with Crippen LogP contribution in [0, 0.1) is 11.8 Å². The Morgan fingerprint density at radius 1 is 1.11 bits per heavy atom. The van der Waals surface area contributed by atoms with Gasteiger partial charge in [-0.25, -0.2) is 9.97 Å². The molecule has 0 bridgehead atoms. The second-order valence-electron chi connectivity index (χ2n) is 11.4. The Morgan fingerprint density at radius 2 is 1.89 bits per heavy atom. The Kier molecular flexibility index (Phi) is 9.59. The Morgan fingerprint density at radius 3 is 2.59 bits per heavy atom. The molecule has 2 aromatic rings. The molecule has 0 radical (unpaired) electrons. The van der Waals surface area contributed by atoms with Crippen molar-refractivity contribution in [3.63, 3.8) is 0 Å². The summed E-state index contributed by atoms with van der Waals surface area (Å²) in [7, 11) is 0. The van der Waals surface area contributed by atoms with E-state index in [1.165, 1.54) is 37.7 Å². The highest BCUT2D eigenvalue weighted by Crippen LogP contribution is 2.39.